The zero-order valence-corrected chi connectivity index (χ0v) is 18.7. The van der Waals surface area contributed by atoms with Crippen molar-refractivity contribution in [1.82, 2.24) is 4.31 Å². The lowest BCUT2D eigenvalue weighted by Gasteiger charge is -2.21. The van der Waals surface area contributed by atoms with E-state index in [-0.39, 0.29) is 18.0 Å². The van der Waals surface area contributed by atoms with Crippen molar-refractivity contribution in [2.75, 3.05) is 0 Å². The maximum Gasteiger partial charge on any atom is 0.243 e. The van der Waals surface area contributed by atoms with E-state index in [2.05, 4.69) is 4.99 Å². The Balaban J connectivity index is 1.59. The van der Waals surface area contributed by atoms with E-state index in [1.54, 1.807) is 30.5 Å². The highest BCUT2D eigenvalue weighted by Crippen LogP contribution is 2.23. The normalized spacial score (nSPS) is 11.9. The van der Waals surface area contributed by atoms with Crippen LogP contribution in [0, 0.1) is 0 Å². The number of halogens is 1. The van der Waals surface area contributed by atoms with Crippen molar-refractivity contribution in [3.63, 3.8) is 0 Å². The van der Waals surface area contributed by atoms with Gasteiger partial charge in [-0.3, -0.25) is 4.99 Å². The number of aliphatic imine (C=N–C) groups is 1. The molecule has 32 heavy (non-hydrogen) atoms. The minimum atomic E-state index is -3.78. The molecular weight excluding hydrogens is 444 g/mol. The topological polar surface area (TPSA) is 62.9 Å². The molecule has 0 spiro atoms. The van der Waals surface area contributed by atoms with Gasteiger partial charge in [-0.2, -0.15) is 4.31 Å². The quantitative estimate of drug-likeness (QED) is 0.297. The second-order valence-corrected chi connectivity index (χ2v) is 9.48. The van der Waals surface area contributed by atoms with E-state index in [0.717, 1.165) is 11.3 Å². The molecule has 0 fully saturated rings. The first-order valence-electron chi connectivity index (χ1n) is 9.98. The van der Waals surface area contributed by atoms with Crippen LogP contribution in [0.15, 0.2) is 111 Å². The van der Waals surface area contributed by atoms with Crippen LogP contribution in [-0.2, 0) is 23.1 Å². The Labute approximate surface area is 192 Å². The first-order chi connectivity index (χ1) is 15.5. The van der Waals surface area contributed by atoms with Gasteiger partial charge in [0.25, 0.3) is 0 Å². The molecule has 4 rings (SSSR count). The van der Waals surface area contributed by atoms with Crippen molar-refractivity contribution in [3.8, 4) is 0 Å². The maximum atomic E-state index is 13.4. The molecule has 0 saturated carbocycles. The first kappa shape index (κ1) is 22.0. The van der Waals surface area contributed by atoms with Crippen LogP contribution in [0.1, 0.15) is 17.1 Å². The Bertz CT molecular complexity index is 1290. The molecule has 0 atom stereocenters. The highest BCUT2D eigenvalue weighted by Gasteiger charge is 2.26. The van der Waals surface area contributed by atoms with Crippen molar-refractivity contribution in [1.29, 1.82) is 0 Å². The van der Waals surface area contributed by atoms with Crippen LogP contribution in [0.3, 0.4) is 0 Å². The van der Waals surface area contributed by atoms with E-state index in [4.69, 9.17) is 16.0 Å². The number of benzene rings is 3. The molecule has 0 bridgehead atoms. The number of hydrogen-bond acceptors (Lipinski definition) is 4. The summed E-state index contributed by atoms with van der Waals surface area (Å²) in [6.07, 6.45) is 1.62. The first-order valence-corrected chi connectivity index (χ1v) is 11.8. The summed E-state index contributed by atoms with van der Waals surface area (Å²) in [4.78, 5) is 4.55. The second kappa shape index (κ2) is 9.96. The summed E-state index contributed by atoms with van der Waals surface area (Å²) >= 11 is 5.94. The predicted octanol–water partition coefficient (Wildman–Crippen LogP) is 6.07. The van der Waals surface area contributed by atoms with Gasteiger partial charge in [0.2, 0.25) is 10.0 Å². The summed E-state index contributed by atoms with van der Waals surface area (Å²) in [5, 5.41) is 0.479. The number of furan rings is 1. The van der Waals surface area contributed by atoms with Crippen LogP contribution in [-0.4, -0.2) is 18.9 Å². The molecule has 5 nitrogen and oxygen atoms in total. The SMILES string of the molecule is O=S(=O)(c1ccc(Cl)cc1)N(Cc1ccccc1)Cc1ccc(C=Nc2ccccc2)o1. The third-order valence-electron chi connectivity index (χ3n) is 4.76. The van der Waals surface area contributed by atoms with E-state index in [1.807, 2.05) is 60.7 Å². The van der Waals surface area contributed by atoms with Crippen molar-refractivity contribution < 1.29 is 12.8 Å². The maximum absolute atomic E-state index is 13.4. The molecule has 0 saturated heterocycles. The third kappa shape index (κ3) is 5.53. The lowest BCUT2D eigenvalue weighted by atomic mass is 10.2. The minimum Gasteiger partial charge on any atom is -0.459 e. The van der Waals surface area contributed by atoms with Crippen molar-refractivity contribution >= 4 is 33.5 Å². The molecule has 0 unspecified atom stereocenters. The van der Waals surface area contributed by atoms with Crippen molar-refractivity contribution in [2.45, 2.75) is 18.0 Å². The molecular formula is C25H21ClN2O3S. The van der Waals surface area contributed by atoms with Gasteiger partial charge in [-0.1, -0.05) is 60.1 Å². The molecule has 0 N–H and O–H groups in total. The average Bonchev–Trinajstić information content (AvgIpc) is 3.26. The Kier molecular flexibility index (Phi) is 6.85. The monoisotopic (exact) mass is 464 g/mol. The molecule has 0 aliphatic carbocycles. The summed E-state index contributed by atoms with van der Waals surface area (Å²) in [5.74, 6) is 1.07. The lowest BCUT2D eigenvalue weighted by Crippen LogP contribution is -2.30. The molecule has 3 aromatic carbocycles. The zero-order valence-electron chi connectivity index (χ0n) is 17.1. The molecule has 0 aliphatic heterocycles. The number of nitrogens with zero attached hydrogens (tertiary/aromatic N) is 2. The van der Waals surface area contributed by atoms with Crippen molar-refractivity contribution in [3.05, 3.63) is 119 Å². The third-order valence-corrected chi connectivity index (χ3v) is 6.82. The van der Waals surface area contributed by atoms with E-state index < -0.39 is 10.0 Å². The van der Waals surface area contributed by atoms with E-state index >= 15 is 0 Å². The van der Waals surface area contributed by atoms with Crippen LogP contribution in [0.25, 0.3) is 0 Å². The summed E-state index contributed by atoms with van der Waals surface area (Å²) in [6, 6.07) is 28.7. The zero-order chi connectivity index (χ0) is 22.4. The van der Waals surface area contributed by atoms with Gasteiger partial charge in [-0.25, -0.2) is 8.42 Å². The molecule has 0 amide bonds. The molecule has 7 heteroatoms. The van der Waals surface area contributed by atoms with E-state index in [1.165, 1.54) is 16.4 Å². The van der Waals surface area contributed by atoms with Crippen LogP contribution in [0.4, 0.5) is 5.69 Å². The number of hydrogen-bond donors (Lipinski definition) is 0. The van der Waals surface area contributed by atoms with Crippen molar-refractivity contribution in [2.24, 2.45) is 4.99 Å². The van der Waals surface area contributed by atoms with Gasteiger partial charge in [0.05, 0.1) is 23.3 Å². The van der Waals surface area contributed by atoms with Crippen LogP contribution in [0.2, 0.25) is 5.02 Å². The average molecular weight is 465 g/mol. The number of para-hydroxylation sites is 1. The fourth-order valence-electron chi connectivity index (χ4n) is 3.14. The fraction of sp³-hybridized carbons (Fsp3) is 0.0800. The molecule has 1 heterocycles. The predicted molar refractivity (Wildman–Crippen MR) is 127 cm³/mol. The highest BCUT2D eigenvalue weighted by atomic mass is 35.5. The molecule has 0 aliphatic rings. The van der Waals surface area contributed by atoms with Gasteiger partial charge >= 0.3 is 0 Å². The number of sulfonamides is 1. The second-order valence-electron chi connectivity index (χ2n) is 7.11. The van der Waals surface area contributed by atoms with E-state index in [9.17, 15) is 8.42 Å². The van der Waals surface area contributed by atoms with Crippen LogP contribution >= 0.6 is 11.6 Å². The Morgan fingerprint density at radius 2 is 1.47 bits per heavy atom. The summed E-state index contributed by atoms with van der Waals surface area (Å²) in [7, 11) is -3.78. The molecule has 162 valence electrons. The smallest absolute Gasteiger partial charge is 0.243 e. The van der Waals surface area contributed by atoms with Crippen LogP contribution in [0.5, 0.6) is 0 Å². The van der Waals surface area contributed by atoms with Crippen LogP contribution < -0.4 is 0 Å². The van der Waals surface area contributed by atoms with Gasteiger partial charge in [-0.05, 0) is 54.1 Å². The molecule has 4 aromatic rings. The summed E-state index contributed by atoms with van der Waals surface area (Å²) < 4.78 is 34.0. The molecule has 1 aromatic heterocycles. The Morgan fingerprint density at radius 1 is 0.812 bits per heavy atom. The largest absolute Gasteiger partial charge is 0.459 e. The minimum absolute atomic E-state index is 0.0824. The summed E-state index contributed by atoms with van der Waals surface area (Å²) in [6.45, 7) is 0.291. The number of rotatable bonds is 8. The highest BCUT2D eigenvalue weighted by molar-refractivity contribution is 7.89. The molecule has 0 radical (unpaired) electrons. The Morgan fingerprint density at radius 3 is 2.16 bits per heavy atom. The van der Waals surface area contributed by atoms with Gasteiger partial charge in [0.1, 0.15) is 11.5 Å². The van der Waals surface area contributed by atoms with E-state index in [0.29, 0.717) is 16.5 Å². The lowest BCUT2D eigenvalue weighted by molar-refractivity contribution is 0.357. The Hall–Kier alpha value is -3.19. The van der Waals surface area contributed by atoms with Gasteiger partial charge in [0.15, 0.2) is 0 Å². The van der Waals surface area contributed by atoms with Gasteiger partial charge < -0.3 is 4.42 Å². The van der Waals surface area contributed by atoms with Gasteiger partial charge in [0, 0.05) is 11.6 Å². The summed E-state index contributed by atoms with van der Waals surface area (Å²) in [5.41, 5.74) is 1.68. The standard InChI is InChI=1S/C25H21ClN2O3S/c26-21-11-15-25(16-12-21)32(29,30)28(18-20-7-3-1-4-8-20)19-24-14-13-23(31-24)17-27-22-9-5-2-6-10-22/h1-17H,18-19H2. The van der Waals surface area contributed by atoms with Gasteiger partial charge in [-0.15, -0.1) is 0 Å². The fourth-order valence-corrected chi connectivity index (χ4v) is 4.66.